The maximum Gasteiger partial charge on any atom is 0.147 e. The van der Waals surface area contributed by atoms with Crippen LogP contribution in [-0.2, 0) is 11.2 Å². The maximum absolute atomic E-state index is 12.8. The minimum atomic E-state index is -0.288. The smallest absolute Gasteiger partial charge is 0.147 e. The first-order valence-electron chi connectivity index (χ1n) is 6.01. The Bertz CT molecular complexity index is 500. The lowest BCUT2D eigenvalue weighted by molar-refractivity contribution is -0.120. The maximum atomic E-state index is 12.8. The highest BCUT2D eigenvalue weighted by molar-refractivity contribution is 5.87. The summed E-state index contributed by atoms with van der Waals surface area (Å²) in [6, 6.07) is 9.62. The van der Waals surface area contributed by atoms with E-state index < -0.39 is 0 Å². The zero-order valence-electron chi connectivity index (χ0n) is 10.2. The Labute approximate surface area is 105 Å². The second-order valence-electron chi connectivity index (χ2n) is 4.25. The van der Waals surface area contributed by atoms with Crippen molar-refractivity contribution in [3.8, 4) is 0 Å². The average Bonchev–Trinajstić information content (AvgIpc) is 2.87. The summed E-state index contributed by atoms with van der Waals surface area (Å²) < 4.78 is 18.1. The number of benzene rings is 1. The average molecular weight is 246 g/mol. The van der Waals surface area contributed by atoms with Gasteiger partial charge >= 0.3 is 0 Å². The summed E-state index contributed by atoms with van der Waals surface area (Å²) in [4.78, 5) is 12.2. The third kappa shape index (κ3) is 2.86. The molecule has 1 aromatic heterocycles. The quantitative estimate of drug-likeness (QED) is 0.804. The van der Waals surface area contributed by atoms with Gasteiger partial charge in [0.05, 0.1) is 12.2 Å². The molecule has 1 heterocycles. The molecule has 0 spiro atoms. The van der Waals surface area contributed by atoms with Crippen molar-refractivity contribution >= 4 is 5.78 Å². The Balaban J connectivity index is 2.09. The first-order valence-corrected chi connectivity index (χ1v) is 6.01. The van der Waals surface area contributed by atoms with E-state index in [-0.39, 0.29) is 17.5 Å². The number of rotatable bonds is 5. The number of furan rings is 1. The summed E-state index contributed by atoms with van der Waals surface area (Å²) in [6.07, 6.45) is 2.58. The van der Waals surface area contributed by atoms with E-state index >= 15 is 0 Å². The van der Waals surface area contributed by atoms with Gasteiger partial charge in [-0.3, -0.25) is 4.79 Å². The Kier molecular flexibility index (Phi) is 3.92. The van der Waals surface area contributed by atoms with Gasteiger partial charge in [0.1, 0.15) is 17.4 Å². The molecule has 1 aromatic carbocycles. The normalized spacial score (nSPS) is 12.3. The van der Waals surface area contributed by atoms with Gasteiger partial charge in [-0.25, -0.2) is 4.39 Å². The summed E-state index contributed by atoms with van der Waals surface area (Å²) >= 11 is 0. The summed E-state index contributed by atoms with van der Waals surface area (Å²) in [6.45, 7) is 1.95. The lowest BCUT2D eigenvalue weighted by atomic mass is 9.93. The Hall–Kier alpha value is -1.90. The molecule has 0 aliphatic carbocycles. The van der Waals surface area contributed by atoms with Crippen molar-refractivity contribution in [1.82, 2.24) is 0 Å². The molecule has 0 saturated heterocycles. The monoisotopic (exact) mass is 246 g/mol. The summed E-state index contributed by atoms with van der Waals surface area (Å²) in [5.41, 5.74) is 0.825. The van der Waals surface area contributed by atoms with Crippen LogP contribution in [-0.4, -0.2) is 5.78 Å². The lowest BCUT2D eigenvalue weighted by Gasteiger charge is -2.10. The van der Waals surface area contributed by atoms with E-state index in [2.05, 4.69) is 0 Å². The van der Waals surface area contributed by atoms with Gasteiger partial charge in [0.2, 0.25) is 0 Å². The van der Waals surface area contributed by atoms with E-state index in [1.54, 1.807) is 24.5 Å². The Morgan fingerprint density at radius 2 is 2.00 bits per heavy atom. The van der Waals surface area contributed by atoms with Gasteiger partial charge in [-0.15, -0.1) is 0 Å². The minimum absolute atomic E-state index is 0.0964. The van der Waals surface area contributed by atoms with Crippen LogP contribution in [0.2, 0.25) is 0 Å². The molecule has 0 radical (unpaired) electrons. The number of ketones is 1. The van der Waals surface area contributed by atoms with Crippen LogP contribution in [0.5, 0.6) is 0 Å². The molecule has 0 amide bonds. The molecule has 0 saturated carbocycles. The molecule has 2 nitrogen and oxygen atoms in total. The van der Waals surface area contributed by atoms with Gasteiger partial charge in [-0.2, -0.15) is 0 Å². The standard InChI is InChI=1S/C15H15FO2/c1-2-13(15-4-3-9-18-15)14(17)10-11-5-7-12(16)8-6-11/h3-9,13H,2,10H2,1H3. The number of halogens is 1. The predicted octanol–water partition coefficient (Wildman–Crippen LogP) is 3.72. The van der Waals surface area contributed by atoms with Crippen LogP contribution in [0, 0.1) is 5.82 Å². The molecule has 2 aromatic rings. The van der Waals surface area contributed by atoms with Gasteiger partial charge in [0.25, 0.3) is 0 Å². The molecule has 0 aliphatic rings. The van der Waals surface area contributed by atoms with E-state index in [9.17, 15) is 9.18 Å². The van der Waals surface area contributed by atoms with Crippen molar-refractivity contribution in [3.05, 3.63) is 59.8 Å². The molecule has 3 heteroatoms. The van der Waals surface area contributed by atoms with Crippen LogP contribution in [0.3, 0.4) is 0 Å². The van der Waals surface area contributed by atoms with E-state index in [0.717, 1.165) is 5.56 Å². The van der Waals surface area contributed by atoms with Gasteiger partial charge in [-0.05, 0) is 36.2 Å². The van der Waals surface area contributed by atoms with Crippen LogP contribution in [0.4, 0.5) is 4.39 Å². The van der Waals surface area contributed by atoms with Crippen LogP contribution < -0.4 is 0 Å². The highest BCUT2D eigenvalue weighted by Crippen LogP contribution is 2.22. The van der Waals surface area contributed by atoms with Gasteiger partial charge in [-0.1, -0.05) is 19.1 Å². The molecule has 1 unspecified atom stereocenters. The van der Waals surface area contributed by atoms with Crippen LogP contribution >= 0.6 is 0 Å². The largest absolute Gasteiger partial charge is 0.469 e. The van der Waals surface area contributed by atoms with E-state index in [4.69, 9.17) is 4.42 Å². The molecule has 1 atom stereocenters. The topological polar surface area (TPSA) is 30.2 Å². The lowest BCUT2D eigenvalue weighted by Crippen LogP contribution is -2.13. The number of hydrogen-bond donors (Lipinski definition) is 0. The van der Waals surface area contributed by atoms with Crippen molar-refractivity contribution in [2.24, 2.45) is 0 Å². The molecular weight excluding hydrogens is 231 g/mol. The molecule has 0 fully saturated rings. The van der Waals surface area contributed by atoms with Crippen molar-refractivity contribution < 1.29 is 13.6 Å². The predicted molar refractivity (Wildman–Crippen MR) is 66.9 cm³/mol. The molecule has 18 heavy (non-hydrogen) atoms. The third-order valence-corrected chi connectivity index (χ3v) is 2.98. The van der Waals surface area contributed by atoms with E-state index in [1.807, 2.05) is 13.0 Å². The number of carbonyl (C=O) groups excluding carboxylic acids is 1. The van der Waals surface area contributed by atoms with Crippen molar-refractivity contribution in [2.75, 3.05) is 0 Å². The van der Waals surface area contributed by atoms with Crippen LogP contribution in [0.15, 0.2) is 47.1 Å². The fourth-order valence-corrected chi connectivity index (χ4v) is 2.00. The van der Waals surface area contributed by atoms with Crippen LogP contribution in [0.25, 0.3) is 0 Å². The zero-order chi connectivity index (χ0) is 13.0. The Morgan fingerprint density at radius 3 is 2.56 bits per heavy atom. The number of Topliss-reactive ketones (excluding diaryl/α,β-unsaturated/α-hetero) is 1. The fraction of sp³-hybridized carbons (Fsp3) is 0.267. The molecular formula is C15H15FO2. The van der Waals surface area contributed by atoms with Gasteiger partial charge in [0.15, 0.2) is 0 Å². The van der Waals surface area contributed by atoms with Crippen molar-refractivity contribution in [3.63, 3.8) is 0 Å². The second kappa shape index (κ2) is 5.63. The first-order chi connectivity index (χ1) is 8.70. The Morgan fingerprint density at radius 1 is 1.28 bits per heavy atom. The highest BCUT2D eigenvalue weighted by Gasteiger charge is 2.21. The number of hydrogen-bond acceptors (Lipinski definition) is 2. The van der Waals surface area contributed by atoms with Gasteiger partial charge < -0.3 is 4.42 Å². The molecule has 2 rings (SSSR count). The third-order valence-electron chi connectivity index (χ3n) is 2.98. The molecule has 0 aliphatic heterocycles. The van der Waals surface area contributed by atoms with Crippen LogP contribution in [0.1, 0.15) is 30.6 Å². The van der Waals surface area contributed by atoms with E-state index in [0.29, 0.717) is 18.6 Å². The van der Waals surface area contributed by atoms with E-state index in [1.165, 1.54) is 12.1 Å². The molecule has 0 N–H and O–H groups in total. The summed E-state index contributed by atoms with van der Waals surface area (Å²) in [5, 5.41) is 0. The summed E-state index contributed by atoms with van der Waals surface area (Å²) in [7, 11) is 0. The van der Waals surface area contributed by atoms with Gasteiger partial charge in [0, 0.05) is 6.42 Å². The van der Waals surface area contributed by atoms with Crippen molar-refractivity contribution in [2.45, 2.75) is 25.7 Å². The summed E-state index contributed by atoms with van der Waals surface area (Å²) in [5.74, 6) is 0.290. The minimum Gasteiger partial charge on any atom is -0.469 e. The van der Waals surface area contributed by atoms with Crippen molar-refractivity contribution in [1.29, 1.82) is 0 Å². The molecule has 0 bridgehead atoms. The first kappa shape index (κ1) is 12.6. The SMILES string of the molecule is CCC(C(=O)Cc1ccc(F)cc1)c1ccco1. The second-order valence-corrected chi connectivity index (χ2v) is 4.25. The zero-order valence-corrected chi connectivity index (χ0v) is 10.2. The fourth-order valence-electron chi connectivity index (χ4n) is 2.00. The molecule has 94 valence electrons. The highest BCUT2D eigenvalue weighted by atomic mass is 19.1. The number of carbonyl (C=O) groups is 1.